The lowest BCUT2D eigenvalue weighted by Gasteiger charge is -2.12. The van der Waals surface area contributed by atoms with Gasteiger partial charge in [-0.2, -0.15) is 0 Å². The smallest absolute Gasteiger partial charge is 0.165 e. The second-order valence-electron chi connectivity index (χ2n) is 14.7. The number of nitrogens with zero attached hydrogens (tertiary/aromatic N) is 5. The maximum absolute atomic E-state index is 5.20. The molecule has 4 heterocycles. The molecule has 0 saturated heterocycles. The van der Waals surface area contributed by atoms with Crippen LogP contribution in [0.15, 0.2) is 212 Å². The predicted octanol–water partition coefficient (Wildman–Crippen LogP) is 13.5. The number of aromatic nitrogens is 5. The molecule has 0 aliphatic heterocycles. The van der Waals surface area contributed by atoms with E-state index in [1.54, 1.807) is 0 Å². The van der Waals surface area contributed by atoms with Gasteiger partial charge in [-0.1, -0.05) is 176 Å². The average molecular weight is 754 g/mol. The van der Waals surface area contributed by atoms with E-state index in [1.165, 1.54) is 11.1 Å². The number of hydrogen-bond donors (Lipinski definition) is 0. The molecule has 0 radical (unpaired) electrons. The number of benzene rings is 7. The number of pyridine rings is 2. The van der Waals surface area contributed by atoms with Crippen molar-refractivity contribution in [1.82, 2.24) is 24.3 Å². The molecule has 0 saturated carbocycles. The molecular weight excluding hydrogens is 719 g/mol. The Balaban J connectivity index is 0.959. The highest BCUT2D eigenvalue weighted by Crippen LogP contribution is 2.35. The molecule has 0 aliphatic carbocycles. The van der Waals surface area contributed by atoms with Crippen LogP contribution < -0.4 is 0 Å². The maximum Gasteiger partial charge on any atom is 0.165 e. The van der Waals surface area contributed by atoms with E-state index in [1.807, 2.05) is 36.5 Å². The minimum atomic E-state index is 0.676. The van der Waals surface area contributed by atoms with E-state index < -0.39 is 0 Å². The van der Waals surface area contributed by atoms with Crippen molar-refractivity contribution < 1.29 is 0 Å². The number of rotatable bonds is 7. The lowest BCUT2D eigenvalue weighted by molar-refractivity contribution is 1.18. The number of imidazole rings is 1. The molecule has 4 aromatic heterocycles. The summed E-state index contributed by atoms with van der Waals surface area (Å²) < 4.78 is 2.06. The average Bonchev–Trinajstić information content (AvgIpc) is 3.71. The highest BCUT2D eigenvalue weighted by molar-refractivity contribution is 6.09. The Morgan fingerprint density at radius 3 is 1.39 bits per heavy atom. The fraction of sp³-hybridized carbons (Fsp3) is 0. The maximum atomic E-state index is 5.20. The Morgan fingerprint density at radius 2 is 0.780 bits per heavy atom. The monoisotopic (exact) mass is 753 g/mol. The normalized spacial score (nSPS) is 11.4. The van der Waals surface area contributed by atoms with Gasteiger partial charge < -0.3 is 0 Å². The van der Waals surface area contributed by atoms with Gasteiger partial charge in [-0.25, -0.2) is 19.9 Å². The van der Waals surface area contributed by atoms with Gasteiger partial charge >= 0.3 is 0 Å². The quantitative estimate of drug-likeness (QED) is 0.163. The standard InChI is InChI=1S/C54H35N5/c1-3-13-36(14-4-1)42-17-11-19-44(33-42)48-35-49(45-20-12-18-43(34-45)37-15-5-2-6-16-37)56-53(55-48)41-30-26-39(27-31-41)38-24-28-40(29-25-38)51-46-21-7-8-22-47(46)52-54(58-51)59-32-10-9-23-50(59)57-52/h1-35H. The van der Waals surface area contributed by atoms with Crippen molar-refractivity contribution in [1.29, 1.82) is 0 Å². The molecule has 7 aromatic carbocycles. The molecule has 59 heavy (non-hydrogen) atoms. The lowest BCUT2D eigenvalue weighted by atomic mass is 9.98. The van der Waals surface area contributed by atoms with E-state index in [0.29, 0.717) is 5.82 Å². The van der Waals surface area contributed by atoms with Crippen molar-refractivity contribution in [2.75, 3.05) is 0 Å². The first-order valence-corrected chi connectivity index (χ1v) is 19.8. The molecule has 0 bridgehead atoms. The summed E-state index contributed by atoms with van der Waals surface area (Å²) in [6.07, 6.45) is 2.03. The Morgan fingerprint density at radius 1 is 0.305 bits per heavy atom. The second kappa shape index (κ2) is 14.5. The highest BCUT2D eigenvalue weighted by atomic mass is 15.1. The zero-order valence-electron chi connectivity index (χ0n) is 31.9. The first-order chi connectivity index (χ1) is 29.2. The molecule has 0 spiro atoms. The minimum Gasteiger partial charge on any atom is -0.284 e. The van der Waals surface area contributed by atoms with E-state index in [4.69, 9.17) is 19.9 Å². The Labute approximate surface area is 341 Å². The highest BCUT2D eigenvalue weighted by Gasteiger charge is 2.16. The van der Waals surface area contributed by atoms with Gasteiger partial charge in [0.2, 0.25) is 0 Å². The summed E-state index contributed by atoms with van der Waals surface area (Å²) in [5, 5.41) is 2.18. The first-order valence-electron chi connectivity index (χ1n) is 19.8. The Kier molecular flexibility index (Phi) is 8.41. The summed E-state index contributed by atoms with van der Waals surface area (Å²) in [5.74, 6) is 0.676. The van der Waals surface area contributed by atoms with Crippen molar-refractivity contribution in [2.24, 2.45) is 0 Å². The van der Waals surface area contributed by atoms with Gasteiger partial charge in [0.15, 0.2) is 11.5 Å². The Bertz CT molecular complexity index is 3200. The van der Waals surface area contributed by atoms with Crippen LogP contribution in [0.25, 0.3) is 106 Å². The van der Waals surface area contributed by atoms with Crippen LogP contribution in [0.3, 0.4) is 0 Å². The molecule has 0 aliphatic rings. The Hall–Kier alpha value is -8.02. The van der Waals surface area contributed by atoms with Crippen LogP contribution in [-0.2, 0) is 0 Å². The van der Waals surface area contributed by atoms with Gasteiger partial charge in [0.25, 0.3) is 0 Å². The van der Waals surface area contributed by atoms with E-state index in [2.05, 4.69) is 180 Å². The molecule has 5 nitrogen and oxygen atoms in total. The topological polar surface area (TPSA) is 56.0 Å². The molecule has 5 heteroatoms. The van der Waals surface area contributed by atoms with Crippen LogP contribution in [0, 0.1) is 0 Å². The van der Waals surface area contributed by atoms with E-state index >= 15 is 0 Å². The molecule has 0 unspecified atom stereocenters. The minimum absolute atomic E-state index is 0.676. The van der Waals surface area contributed by atoms with Crippen LogP contribution in [0.4, 0.5) is 0 Å². The summed E-state index contributed by atoms with van der Waals surface area (Å²) in [5.41, 5.74) is 16.3. The van der Waals surface area contributed by atoms with Gasteiger partial charge in [0.1, 0.15) is 11.2 Å². The summed E-state index contributed by atoms with van der Waals surface area (Å²) in [7, 11) is 0. The van der Waals surface area contributed by atoms with Crippen LogP contribution >= 0.6 is 0 Å². The molecule has 0 N–H and O–H groups in total. The van der Waals surface area contributed by atoms with Gasteiger partial charge in [-0.15, -0.1) is 0 Å². The third kappa shape index (κ3) is 6.41. The largest absolute Gasteiger partial charge is 0.284 e. The molecule has 276 valence electrons. The fourth-order valence-corrected chi connectivity index (χ4v) is 8.03. The third-order valence-corrected chi connectivity index (χ3v) is 11.1. The summed E-state index contributed by atoms with van der Waals surface area (Å²) >= 11 is 0. The summed E-state index contributed by atoms with van der Waals surface area (Å²) in [4.78, 5) is 20.5. The fourth-order valence-electron chi connectivity index (χ4n) is 8.03. The van der Waals surface area contributed by atoms with Gasteiger partial charge in [-0.05, 0) is 63.7 Å². The zero-order chi connectivity index (χ0) is 39.1. The van der Waals surface area contributed by atoms with Crippen LogP contribution in [0.1, 0.15) is 0 Å². The van der Waals surface area contributed by atoms with Crippen molar-refractivity contribution in [3.63, 3.8) is 0 Å². The molecule has 11 rings (SSSR count). The van der Waals surface area contributed by atoms with Crippen LogP contribution in [0.2, 0.25) is 0 Å². The van der Waals surface area contributed by atoms with Crippen molar-refractivity contribution >= 4 is 27.6 Å². The third-order valence-electron chi connectivity index (χ3n) is 11.1. The van der Waals surface area contributed by atoms with Gasteiger partial charge in [0, 0.05) is 39.2 Å². The van der Waals surface area contributed by atoms with Crippen LogP contribution in [0.5, 0.6) is 0 Å². The molecule has 0 fully saturated rings. The van der Waals surface area contributed by atoms with Gasteiger partial charge in [0.05, 0.1) is 17.1 Å². The van der Waals surface area contributed by atoms with Crippen molar-refractivity contribution in [3.8, 4) is 78.5 Å². The predicted molar refractivity (Wildman–Crippen MR) is 242 cm³/mol. The number of hydrogen-bond acceptors (Lipinski definition) is 4. The SMILES string of the molecule is c1ccc(-c2cccc(-c3cc(-c4cccc(-c5ccccc5)c4)nc(-c4ccc(-c5ccc(-c6nc7c(nc8ccccn87)c7ccccc67)cc5)cc4)n3)c2)cc1. The molecule has 11 aromatic rings. The van der Waals surface area contributed by atoms with Crippen LogP contribution in [-0.4, -0.2) is 24.3 Å². The van der Waals surface area contributed by atoms with E-state index in [0.717, 1.165) is 89.2 Å². The lowest BCUT2D eigenvalue weighted by Crippen LogP contribution is -1.96. The van der Waals surface area contributed by atoms with E-state index in [9.17, 15) is 0 Å². The first kappa shape index (κ1) is 34.2. The number of fused-ring (bicyclic) bond motifs is 5. The molecular formula is C54H35N5. The summed E-state index contributed by atoms with van der Waals surface area (Å²) in [6.45, 7) is 0. The second-order valence-corrected chi connectivity index (χ2v) is 14.7. The molecule has 0 amide bonds. The molecule has 0 atom stereocenters. The van der Waals surface area contributed by atoms with Crippen molar-refractivity contribution in [3.05, 3.63) is 212 Å². The van der Waals surface area contributed by atoms with E-state index in [-0.39, 0.29) is 0 Å². The summed E-state index contributed by atoms with van der Waals surface area (Å²) in [6, 6.07) is 71.9. The zero-order valence-corrected chi connectivity index (χ0v) is 31.9. The van der Waals surface area contributed by atoms with Gasteiger partial charge in [-0.3, -0.25) is 4.40 Å². The van der Waals surface area contributed by atoms with Crippen molar-refractivity contribution in [2.45, 2.75) is 0 Å².